The van der Waals surface area contributed by atoms with E-state index in [1.807, 2.05) is 0 Å². The van der Waals surface area contributed by atoms with E-state index in [-0.39, 0.29) is 20.4 Å². The average molecular weight is 173 g/mol. The van der Waals surface area contributed by atoms with Crippen molar-refractivity contribution in [1.82, 2.24) is 0 Å². The number of hydrogen-bond acceptors (Lipinski definition) is 1. The molecule has 0 aliphatic carbocycles. The van der Waals surface area contributed by atoms with Gasteiger partial charge in [0, 0.05) is 20.4 Å². The Morgan fingerprint density at radius 3 is 1.75 bits per heavy atom. The summed E-state index contributed by atoms with van der Waals surface area (Å²) in [5.74, 6) is 0. The third kappa shape index (κ3) is 14.6. The monoisotopic (exact) mass is 172 g/mol. The summed E-state index contributed by atoms with van der Waals surface area (Å²) in [6.45, 7) is 0. The molecule has 0 radical (unpaired) electrons. The minimum absolute atomic E-state index is 0. The largest absolute Gasteiger partial charge is 0.308 e. The first-order valence-electron chi connectivity index (χ1n) is 0.383. The maximum absolute atomic E-state index is 8.46. The van der Waals surface area contributed by atoms with Crippen LogP contribution in [0.4, 0.5) is 0 Å². The molecule has 0 bridgehead atoms. The molecule has 0 aromatic heterocycles. The van der Waals surface area contributed by atoms with Gasteiger partial charge in [-0.05, 0) is 0 Å². The molecule has 4 heteroatoms. The molecular weight excluding hydrogens is 170 g/mol. The fourth-order valence-electron chi connectivity index (χ4n) is 0. The van der Waals surface area contributed by atoms with Crippen molar-refractivity contribution in [3.63, 3.8) is 0 Å². The minimum Gasteiger partial charge on any atom is -0.308 e. The fourth-order valence-corrected chi connectivity index (χ4v) is 0. The molecule has 0 amide bonds. The third-order valence-electron chi connectivity index (χ3n) is 0. The SMILES string of the molecule is O=[SH]O.[Pd]. The zero-order chi connectivity index (χ0) is 2.71. The fraction of sp³-hybridized carbons (Fsp3) is 0. The summed E-state index contributed by atoms with van der Waals surface area (Å²) in [4.78, 5) is 0. The van der Waals surface area contributed by atoms with Gasteiger partial charge in [0.25, 0.3) is 0 Å². The van der Waals surface area contributed by atoms with Gasteiger partial charge in [0.2, 0.25) is 0 Å². The second-order valence-corrected chi connectivity index (χ2v) is 0.245. The topological polar surface area (TPSA) is 37.3 Å². The number of hydrogen-bond donors (Lipinski definition) is 2. The van der Waals surface area contributed by atoms with Crippen LogP contribution in [0.2, 0.25) is 0 Å². The van der Waals surface area contributed by atoms with E-state index in [9.17, 15) is 0 Å². The van der Waals surface area contributed by atoms with Crippen LogP contribution in [0.1, 0.15) is 0 Å². The van der Waals surface area contributed by atoms with Crippen molar-refractivity contribution in [3.8, 4) is 0 Å². The first-order chi connectivity index (χ1) is 1.41. The van der Waals surface area contributed by atoms with Gasteiger partial charge in [-0.1, -0.05) is 0 Å². The van der Waals surface area contributed by atoms with Gasteiger partial charge in [-0.2, -0.15) is 0 Å². The van der Waals surface area contributed by atoms with E-state index in [4.69, 9.17) is 8.76 Å². The molecule has 0 aliphatic rings. The molecule has 4 heavy (non-hydrogen) atoms. The summed E-state index contributed by atoms with van der Waals surface area (Å²) in [5.41, 5.74) is 0. The van der Waals surface area contributed by atoms with Crippen LogP contribution < -0.4 is 0 Å². The van der Waals surface area contributed by atoms with Crippen LogP contribution in [0.25, 0.3) is 0 Å². The number of thiol groups is 1. The van der Waals surface area contributed by atoms with Gasteiger partial charge in [0.1, 0.15) is 11.9 Å². The van der Waals surface area contributed by atoms with Crippen molar-refractivity contribution >= 4 is 11.9 Å². The predicted octanol–water partition coefficient (Wildman–Crippen LogP) is -0.598. The summed E-state index contributed by atoms with van der Waals surface area (Å²) in [7, 11) is 0. The molecule has 30 valence electrons. The summed E-state index contributed by atoms with van der Waals surface area (Å²) >= 11 is -0.833. The van der Waals surface area contributed by atoms with Crippen LogP contribution in [0, 0.1) is 0 Å². The van der Waals surface area contributed by atoms with Gasteiger partial charge in [0.05, 0.1) is 0 Å². The van der Waals surface area contributed by atoms with Crippen molar-refractivity contribution in [2.24, 2.45) is 0 Å². The Bertz CT molecular complexity index is 13.5. The van der Waals surface area contributed by atoms with Gasteiger partial charge >= 0.3 is 0 Å². The standard InChI is InChI=1S/H2O2S.Pd/c1-3-2;/h3H,(H,1,2);. The average Bonchev–Trinajstić information content (AvgIpc) is 0.918. The second-order valence-electron chi connectivity index (χ2n) is 0.0816. The summed E-state index contributed by atoms with van der Waals surface area (Å²) in [6.07, 6.45) is 0. The zero-order valence-electron chi connectivity index (χ0n) is 1.62. The normalized spacial score (nSPS) is 4.25. The number of rotatable bonds is 0. The smallest absolute Gasteiger partial charge is 0.139 e. The van der Waals surface area contributed by atoms with Crippen LogP contribution in [0.3, 0.4) is 0 Å². The minimum atomic E-state index is -0.833. The van der Waals surface area contributed by atoms with Crippen LogP contribution in [0.15, 0.2) is 0 Å². The Kier molecular flexibility index (Phi) is 20.4. The van der Waals surface area contributed by atoms with E-state index in [1.54, 1.807) is 0 Å². The van der Waals surface area contributed by atoms with Gasteiger partial charge in [-0.25, -0.2) is 4.21 Å². The molecule has 0 aromatic rings. The van der Waals surface area contributed by atoms with Crippen molar-refractivity contribution in [2.45, 2.75) is 0 Å². The molecule has 0 rings (SSSR count). The summed E-state index contributed by atoms with van der Waals surface area (Å²) < 4.78 is 15.4. The van der Waals surface area contributed by atoms with Gasteiger partial charge in [-0.15, -0.1) is 0 Å². The maximum Gasteiger partial charge on any atom is 0.139 e. The maximum atomic E-state index is 8.46. The van der Waals surface area contributed by atoms with Crippen molar-refractivity contribution in [2.75, 3.05) is 0 Å². The molecule has 0 unspecified atom stereocenters. The molecule has 2 nitrogen and oxygen atoms in total. The van der Waals surface area contributed by atoms with Crippen molar-refractivity contribution in [3.05, 3.63) is 0 Å². The van der Waals surface area contributed by atoms with E-state index in [1.165, 1.54) is 0 Å². The van der Waals surface area contributed by atoms with Gasteiger partial charge in [0.15, 0.2) is 0 Å². The third-order valence-corrected chi connectivity index (χ3v) is 0. The quantitative estimate of drug-likeness (QED) is 0.291. The Hall–Kier alpha value is 0.772. The van der Waals surface area contributed by atoms with E-state index in [0.717, 1.165) is 0 Å². The zero-order valence-corrected chi connectivity index (χ0v) is 4.07. The van der Waals surface area contributed by atoms with Crippen molar-refractivity contribution in [1.29, 1.82) is 0 Å². The molecule has 0 heterocycles. The van der Waals surface area contributed by atoms with Gasteiger partial charge < -0.3 is 4.55 Å². The van der Waals surface area contributed by atoms with E-state index < -0.39 is 11.9 Å². The molecular formula is H2O2PdS. The molecule has 0 spiro atoms. The molecule has 0 fully saturated rings. The van der Waals surface area contributed by atoms with Crippen molar-refractivity contribution < 1.29 is 29.2 Å². The Labute approximate surface area is 41.6 Å². The molecule has 0 atom stereocenters. The Morgan fingerprint density at radius 2 is 1.75 bits per heavy atom. The first kappa shape index (κ1) is 8.84. The van der Waals surface area contributed by atoms with Gasteiger partial charge in [-0.3, -0.25) is 0 Å². The van der Waals surface area contributed by atoms with E-state index in [0.29, 0.717) is 0 Å². The van der Waals surface area contributed by atoms with E-state index in [2.05, 4.69) is 0 Å². The Balaban J connectivity index is 0. The van der Waals surface area contributed by atoms with Crippen LogP contribution in [-0.2, 0) is 32.4 Å². The van der Waals surface area contributed by atoms with E-state index >= 15 is 0 Å². The van der Waals surface area contributed by atoms with Crippen LogP contribution in [-0.4, -0.2) is 8.76 Å². The molecule has 0 saturated carbocycles. The first-order valence-corrected chi connectivity index (χ1v) is 1.15. The Morgan fingerprint density at radius 1 is 1.75 bits per heavy atom. The predicted molar refractivity (Wildman–Crippen MR) is 12.2 cm³/mol. The van der Waals surface area contributed by atoms with Crippen LogP contribution in [0.5, 0.6) is 0 Å². The molecule has 1 N–H and O–H groups in total. The molecule has 0 aromatic carbocycles. The molecule has 0 saturated heterocycles. The van der Waals surface area contributed by atoms with Crippen LogP contribution >= 0.6 is 0 Å². The summed E-state index contributed by atoms with van der Waals surface area (Å²) in [6, 6.07) is 0. The molecule has 0 aliphatic heterocycles. The second kappa shape index (κ2) is 9.23. The summed E-state index contributed by atoms with van der Waals surface area (Å²) in [5, 5.41) is 0.